The van der Waals surface area contributed by atoms with Crippen molar-refractivity contribution < 1.29 is 13.2 Å². The summed E-state index contributed by atoms with van der Waals surface area (Å²) in [4.78, 5) is 15.8. The quantitative estimate of drug-likeness (QED) is 0.570. The molecule has 1 unspecified atom stereocenters. The van der Waals surface area contributed by atoms with Crippen molar-refractivity contribution in [2.24, 2.45) is 0 Å². The number of halogens is 1. The summed E-state index contributed by atoms with van der Waals surface area (Å²) in [6.45, 7) is 3.94. The minimum Gasteiger partial charge on any atom is -0.355 e. The molecule has 3 rings (SSSR count). The van der Waals surface area contributed by atoms with Crippen molar-refractivity contribution in [3.8, 4) is 0 Å². The number of aryl methyl sites for hydroxylation is 1. The van der Waals surface area contributed by atoms with Crippen LogP contribution in [0.3, 0.4) is 0 Å². The lowest BCUT2D eigenvalue weighted by Crippen LogP contribution is -2.09. The third kappa shape index (κ3) is 4.64. The summed E-state index contributed by atoms with van der Waals surface area (Å²) < 4.78 is 25.1. The van der Waals surface area contributed by atoms with Crippen LogP contribution in [0.25, 0.3) is 0 Å². The number of anilines is 1. The summed E-state index contributed by atoms with van der Waals surface area (Å²) in [5.41, 5.74) is 4.32. The maximum atomic E-state index is 12.7. The number of nitrogens with one attached hydrogen (secondary N) is 2. The van der Waals surface area contributed by atoms with Crippen LogP contribution < -0.4 is 4.72 Å². The molecule has 28 heavy (non-hydrogen) atoms. The Balaban J connectivity index is 1.83. The molecule has 0 saturated heterocycles. The Labute approximate surface area is 169 Å². The van der Waals surface area contributed by atoms with Gasteiger partial charge in [-0.05, 0) is 36.8 Å². The molecule has 1 aromatic heterocycles. The third-order valence-corrected chi connectivity index (χ3v) is 5.44. The molecule has 0 aliphatic carbocycles. The van der Waals surface area contributed by atoms with E-state index < -0.39 is 10.0 Å². The first-order valence-corrected chi connectivity index (χ1v) is 11.0. The van der Waals surface area contributed by atoms with Crippen molar-refractivity contribution in [1.82, 2.24) is 4.98 Å². The lowest BCUT2D eigenvalue weighted by Gasteiger charge is -2.14. The molecule has 146 valence electrons. The van der Waals surface area contributed by atoms with Crippen LogP contribution in [-0.4, -0.2) is 25.4 Å². The first-order valence-electron chi connectivity index (χ1n) is 8.71. The molecule has 0 radical (unpaired) electrons. The summed E-state index contributed by atoms with van der Waals surface area (Å²) in [5.74, 6) is -0.170. The van der Waals surface area contributed by atoms with Crippen LogP contribution in [0.4, 0.5) is 5.69 Å². The predicted octanol–water partition coefficient (Wildman–Crippen LogP) is 4.73. The zero-order valence-corrected chi connectivity index (χ0v) is 17.4. The average Bonchev–Trinajstić information content (AvgIpc) is 3.10. The number of carbonyl (C=O) groups excluding carboxylic acids is 1. The first-order chi connectivity index (χ1) is 13.1. The van der Waals surface area contributed by atoms with E-state index in [4.69, 9.17) is 11.6 Å². The largest absolute Gasteiger partial charge is 0.355 e. The molecule has 2 N–H and O–H groups in total. The Bertz CT molecular complexity index is 1120. The highest BCUT2D eigenvalue weighted by Crippen LogP contribution is 2.32. The normalized spacial score (nSPS) is 12.6. The van der Waals surface area contributed by atoms with Gasteiger partial charge in [-0.25, -0.2) is 8.42 Å². The molecule has 7 heteroatoms. The number of benzene rings is 2. The average molecular weight is 417 g/mol. The van der Waals surface area contributed by atoms with Crippen molar-refractivity contribution in [2.75, 3.05) is 11.0 Å². The zero-order valence-electron chi connectivity index (χ0n) is 15.8. The van der Waals surface area contributed by atoms with Crippen LogP contribution in [0.5, 0.6) is 0 Å². The van der Waals surface area contributed by atoms with E-state index in [0.29, 0.717) is 22.0 Å². The lowest BCUT2D eigenvalue weighted by molar-refractivity contribution is 0.103. The van der Waals surface area contributed by atoms with Gasteiger partial charge in [0.05, 0.1) is 11.9 Å². The fraction of sp³-hybridized carbons (Fsp3) is 0.190. The number of ketones is 1. The van der Waals surface area contributed by atoms with Gasteiger partial charge in [-0.3, -0.25) is 9.52 Å². The fourth-order valence-electron chi connectivity index (χ4n) is 2.98. The van der Waals surface area contributed by atoms with Gasteiger partial charge in [0.25, 0.3) is 0 Å². The second kappa shape index (κ2) is 7.81. The Morgan fingerprint density at radius 3 is 2.36 bits per heavy atom. The van der Waals surface area contributed by atoms with Crippen LogP contribution in [0, 0.1) is 6.92 Å². The van der Waals surface area contributed by atoms with Gasteiger partial charge in [-0.1, -0.05) is 54.4 Å². The van der Waals surface area contributed by atoms with Gasteiger partial charge < -0.3 is 4.98 Å². The van der Waals surface area contributed by atoms with Crippen molar-refractivity contribution >= 4 is 33.1 Å². The van der Waals surface area contributed by atoms with Crippen molar-refractivity contribution in [1.29, 1.82) is 0 Å². The highest BCUT2D eigenvalue weighted by atomic mass is 35.5. The molecule has 0 aliphatic heterocycles. The van der Waals surface area contributed by atoms with Crippen LogP contribution in [0.1, 0.15) is 45.7 Å². The number of aromatic nitrogens is 1. The molecule has 1 heterocycles. The molecule has 0 fully saturated rings. The van der Waals surface area contributed by atoms with E-state index in [9.17, 15) is 13.2 Å². The van der Waals surface area contributed by atoms with E-state index in [0.717, 1.165) is 23.1 Å². The maximum Gasteiger partial charge on any atom is 0.229 e. The number of H-pyrrole nitrogens is 1. The van der Waals surface area contributed by atoms with Crippen molar-refractivity contribution in [2.45, 2.75) is 19.8 Å². The van der Waals surface area contributed by atoms with E-state index >= 15 is 0 Å². The molecule has 0 bridgehead atoms. The van der Waals surface area contributed by atoms with Crippen molar-refractivity contribution in [3.05, 3.63) is 87.7 Å². The SMILES string of the molecule is Cc1ccc(C(=O)c2ccc(C(C)c3ccc(NS(C)(=O)=O)cc3Cl)[nH]2)cc1. The molecular weight excluding hydrogens is 396 g/mol. The minimum atomic E-state index is -3.37. The standard InChI is InChI=1S/C21H21ClN2O3S/c1-13-4-6-15(7-5-13)21(25)20-11-10-19(23-20)14(2)17-9-8-16(12-18(17)22)24-28(3,26)27/h4-12,14,23-24H,1-3H3. The number of carbonyl (C=O) groups is 1. The summed E-state index contributed by atoms with van der Waals surface area (Å²) >= 11 is 6.37. The van der Waals surface area contributed by atoms with Gasteiger partial charge in [0, 0.05) is 27.9 Å². The minimum absolute atomic E-state index is 0.0720. The Kier molecular flexibility index (Phi) is 5.63. The molecule has 0 amide bonds. The topological polar surface area (TPSA) is 79.0 Å². The van der Waals surface area contributed by atoms with Gasteiger partial charge >= 0.3 is 0 Å². The second-order valence-corrected chi connectivity index (χ2v) is 9.01. The maximum absolute atomic E-state index is 12.7. The molecule has 0 saturated carbocycles. The van der Waals surface area contributed by atoms with Crippen LogP contribution in [-0.2, 0) is 10.0 Å². The summed E-state index contributed by atoms with van der Waals surface area (Å²) in [7, 11) is -3.37. The second-order valence-electron chi connectivity index (χ2n) is 6.85. The van der Waals surface area contributed by atoms with Gasteiger partial charge in [0.15, 0.2) is 0 Å². The highest BCUT2D eigenvalue weighted by Gasteiger charge is 2.17. The molecule has 0 spiro atoms. The van der Waals surface area contributed by atoms with E-state index in [1.807, 2.05) is 44.2 Å². The lowest BCUT2D eigenvalue weighted by atomic mass is 9.98. The number of aromatic amines is 1. The van der Waals surface area contributed by atoms with E-state index in [1.54, 1.807) is 24.3 Å². The predicted molar refractivity (Wildman–Crippen MR) is 113 cm³/mol. The van der Waals surface area contributed by atoms with Crippen LogP contribution in [0.2, 0.25) is 5.02 Å². The van der Waals surface area contributed by atoms with E-state index in [-0.39, 0.29) is 11.7 Å². The molecule has 5 nitrogen and oxygen atoms in total. The van der Waals surface area contributed by atoms with Crippen LogP contribution in [0.15, 0.2) is 54.6 Å². The zero-order chi connectivity index (χ0) is 20.5. The highest BCUT2D eigenvalue weighted by molar-refractivity contribution is 7.92. The summed E-state index contributed by atoms with van der Waals surface area (Å²) in [6, 6.07) is 16.1. The van der Waals surface area contributed by atoms with E-state index in [1.165, 1.54) is 0 Å². The Hall–Kier alpha value is -2.57. The van der Waals surface area contributed by atoms with Crippen molar-refractivity contribution in [3.63, 3.8) is 0 Å². The van der Waals surface area contributed by atoms with Gasteiger partial charge in [0.1, 0.15) is 0 Å². The molecule has 1 atom stereocenters. The van der Waals surface area contributed by atoms with E-state index in [2.05, 4.69) is 9.71 Å². The monoisotopic (exact) mass is 416 g/mol. The number of hydrogen-bond acceptors (Lipinski definition) is 3. The van der Waals surface area contributed by atoms with Gasteiger partial charge in [-0.15, -0.1) is 0 Å². The van der Waals surface area contributed by atoms with Crippen LogP contribution >= 0.6 is 11.6 Å². The molecule has 3 aromatic rings. The molecule has 0 aliphatic rings. The fourth-order valence-corrected chi connectivity index (χ4v) is 3.88. The molecular formula is C21H21ClN2O3S. The Morgan fingerprint density at radius 1 is 1.07 bits per heavy atom. The van der Waals surface area contributed by atoms with Gasteiger partial charge in [-0.2, -0.15) is 0 Å². The number of rotatable bonds is 6. The Morgan fingerprint density at radius 2 is 1.75 bits per heavy atom. The third-order valence-electron chi connectivity index (χ3n) is 4.50. The smallest absolute Gasteiger partial charge is 0.229 e. The number of hydrogen-bond donors (Lipinski definition) is 2. The van der Waals surface area contributed by atoms with Gasteiger partial charge in [0.2, 0.25) is 15.8 Å². The number of sulfonamides is 1. The summed E-state index contributed by atoms with van der Waals surface area (Å²) in [5, 5.41) is 0.446. The summed E-state index contributed by atoms with van der Waals surface area (Å²) in [6.07, 6.45) is 1.09. The molecule has 2 aromatic carbocycles. The first kappa shape index (κ1) is 20.2.